The van der Waals surface area contributed by atoms with E-state index in [1.165, 1.54) is 19.3 Å². The van der Waals surface area contributed by atoms with Crippen LogP contribution in [0.3, 0.4) is 0 Å². The first kappa shape index (κ1) is 14.9. The first-order valence-corrected chi connectivity index (χ1v) is 7.46. The molecule has 0 spiro atoms. The highest BCUT2D eigenvalue weighted by Crippen LogP contribution is 2.16. The van der Waals surface area contributed by atoms with Crippen LogP contribution in [0.4, 0.5) is 5.69 Å². The van der Waals surface area contributed by atoms with E-state index in [4.69, 9.17) is 5.73 Å². The third kappa shape index (κ3) is 3.73. The van der Waals surface area contributed by atoms with E-state index in [1.807, 2.05) is 19.1 Å². The summed E-state index contributed by atoms with van der Waals surface area (Å²) in [7, 11) is 0. The fraction of sp³-hybridized carbons (Fsp3) is 0.562. The van der Waals surface area contributed by atoms with Crippen molar-refractivity contribution in [1.29, 1.82) is 0 Å². The van der Waals surface area contributed by atoms with Gasteiger partial charge < -0.3 is 16.0 Å². The van der Waals surface area contributed by atoms with Gasteiger partial charge in [-0.15, -0.1) is 0 Å². The van der Waals surface area contributed by atoms with E-state index in [9.17, 15) is 4.79 Å². The number of piperidine rings is 1. The zero-order valence-electron chi connectivity index (χ0n) is 12.5. The van der Waals surface area contributed by atoms with Crippen LogP contribution in [0.15, 0.2) is 18.2 Å². The van der Waals surface area contributed by atoms with Crippen LogP contribution in [-0.4, -0.2) is 36.5 Å². The molecule has 1 unspecified atom stereocenters. The molecule has 1 atom stereocenters. The Morgan fingerprint density at radius 3 is 2.75 bits per heavy atom. The summed E-state index contributed by atoms with van der Waals surface area (Å²) in [4.78, 5) is 14.7. The standard InChI is InChI=1S/C16H25N3O/c1-12-7-6-8-14(15(12)17)16(20)18-13(2)11-19-9-4-3-5-10-19/h6-8,13H,3-5,9-11,17H2,1-2H3,(H,18,20). The molecule has 0 aliphatic carbocycles. The molecule has 4 heteroatoms. The monoisotopic (exact) mass is 275 g/mol. The number of nitrogens with two attached hydrogens (primary N) is 1. The number of amides is 1. The molecule has 1 fully saturated rings. The molecular formula is C16H25N3O. The number of anilines is 1. The predicted molar refractivity (Wildman–Crippen MR) is 82.8 cm³/mol. The fourth-order valence-corrected chi connectivity index (χ4v) is 2.76. The van der Waals surface area contributed by atoms with Crippen LogP contribution >= 0.6 is 0 Å². The summed E-state index contributed by atoms with van der Waals surface area (Å²) in [6.07, 6.45) is 3.87. The molecule has 1 heterocycles. The molecule has 0 bridgehead atoms. The maximum absolute atomic E-state index is 12.3. The Morgan fingerprint density at radius 1 is 1.35 bits per heavy atom. The number of likely N-dealkylation sites (tertiary alicyclic amines) is 1. The Hall–Kier alpha value is -1.55. The maximum atomic E-state index is 12.3. The molecule has 1 aromatic rings. The van der Waals surface area contributed by atoms with Crippen molar-refractivity contribution in [2.75, 3.05) is 25.4 Å². The number of nitrogen functional groups attached to an aromatic ring is 1. The minimum absolute atomic E-state index is 0.0734. The van der Waals surface area contributed by atoms with Crippen LogP contribution in [0.5, 0.6) is 0 Å². The number of carbonyl (C=O) groups excluding carboxylic acids is 1. The van der Waals surface area contributed by atoms with Crippen LogP contribution in [0, 0.1) is 6.92 Å². The summed E-state index contributed by atoms with van der Waals surface area (Å²) in [5.74, 6) is -0.0734. The zero-order chi connectivity index (χ0) is 14.5. The van der Waals surface area contributed by atoms with Crippen LogP contribution in [-0.2, 0) is 0 Å². The van der Waals surface area contributed by atoms with Crippen molar-refractivity contribution in [3.05, 3.63) is 29.3 Å². The Bertz CT molecular complexity index is 467. The van der Waals surface area contributed by atoms with Crippen LogP contribution < -0.4 is 11.1 Å². The molecule has 1 saturated heterocycles. The lowest BCUT2D eigenvalue weighted by Gasteiger charge is -2.29. The number of nitrogens with one attached hydrogen (secondary N) is 1. The van der Waals surface area contributed by atoms with Crippen molar-refractivity contribution in [2.45, 2.75) is 39.2 Å². The van der Waals surface area contributed by atoms with Gasteiger partial charge in [0.2, 0.25) is 0 Å². The molecule has 20 heavy (non-hydrogen) atoms. The lowest BCUT2D eigenvalue weighted by molar-refractivity contribution is 0.0926. The summed E-state index contributed by atoms with van der Waals surface area (Å²) in [6.45, 7) is 7.18. The van der Waals surface area contributed by atoms with Gasteiger partial charge in [0, 0.05) is 18.3 Å². The second-order valence-corrected chi connectivity index (χ2v) is 5.77. The molecular weight excluding hydrogens is 250 g/mol. The predicted octanol–water partition coefficient (Wildman–Crippen LogP) is 2.18. The Morgan fingerprint density at radius 2 is 2.05 bits per heavy atom. The number of hydrogen-bond donors (Lipinski definition) is 2. The molecule has 1 aromatic carbocycles. The van der Waals surface area contributed by atoms with Crippen molar-refractivity contribution in [3.63, 3.8) is 0 Å². The molecule has 1 aliphatic rings. The second kappa shape index (κ2) is 6.75. The number of benzene rings is 1. The van der Waals surface area contributed by atoms with E-state index in [2.05, 4.69) is 17.1 Å². The van der Waals surface area contributed by atoms with Gasteiger partial charge >= 0.3 is 0 Å². The molecule has 1 amide bonds. The van der Waals surface area contributed by atoms with Crippen molar-refractivity contribution in [1.82, 2.24) is 10.2 Å². The van der Waals surface area contributed by atoms with Gasteiger partial charge in [0.25, 0.3) is 5.91 Å². The average molecular weight is 275 g/mol. The van der Waals surface area contributed by atoms with Gasteiger partial charge in [-0.05, 0) is 51.4 Å². The first-order valence-electron chi connectivity index (χ1n) is 7.46. The minimum atomic E-state index is -0.0734. The summed E-state index contributed by atoms with van der Waals surface area (Å²) in [6, 6.07) is 5.71. The van der Waals surface area contributed by atoms with Gasteiger partial charge in [0.1, 0.15) is 0 Å². The van der Waals surface area contributed by atoms with Gasteiger partial charge in [-0.2, -0.15) is 0 Å². The summed E-state index contributed by atoms with van der Waals surface area (Å²) in [5, 5.41) is 3.05. The Kier molecular flexibility index (Phi) is 5.01. The van der Waals surface area contributed by atoms with Crippen LogP contribution in [0.1, 0.15) is 42.1 Å². The van der Waals surface area contributed by atoms with E-state index >= 15 is 0 Å². The zero-order valence-corrected chi connectivity index (χ0v) is 12.5. The normalized spacial score (nSPS) is 17.7. The van der Waals surface area contributed by atoms with E-state index in [1.54, 1.807) is 6.07 Å². The van der Waals surface area contributed by atoms with Crippen LogP contribution in [0.2, 0.25) is 0 Å². The molecule has 0 saturated carbocycles. The van der Waals surface area contributed by atoms with Crippen molar-refractivity contribution in [3.8, 4) is 0 Å². The fourth-order valence-electron chi connectivity index (χ4n) is 2.76. The number of nitrogens with zero attached hydrogens (tertiary/aromatic N) is 1. The Balaban J connectivity index is 1.91. The number of carbonyl (C=O) groups is 1. The Labute approximate surface area is 121 Å². The van der Waals surface area contributed by atoms with Gasteiger partial charge in [0.15, 0.2) is 0 Å². The molecule has 2 rings (SSSR count). The third-order valence-corrected chi connectivity index (χ3v) is 3.93. The summed E-state index contributed by atoms with van der Waals surface area (Å²) in [5.41, 5.74) is 8.08. The number of hydrogen-bond acceptors (Lipinski definition) is 3. The number of aryl methyl sites for hydroxylation is 1. The van der Waals surface area contributed by atoms with Gasteiger partial charge in [-0.1, -0.05) is 18.6 Å². The molecule has 0 radical (unpaired) electrons. The second-order valence-electron chi connectivity index (χ2n) is 5.77. The van der Waals surface area contributed by atoms with Gasteiger partial charge in [-0.25, -0.2) is 0 Å². The lowest BCUT2D eigenvalue weighted by Crippen LogP contribution is -2.43. The topological polar surface area (TPSA) is 58.4 Å². The van der Waals surface area contributed by atoms with Gasteiger partial charge in [-0.3, -0.25) is 4.79 Å². The molecule has 1 aliphatic heterocycles. The number of rotatable bonds is 4. The van der Waals surface area contributed by atoms with Gasteiger partial charge in [0.05, 0.1) is 5.56 Å². The highest BCUT2D eigenvalue weighted by atomic mass is 16.1. The van der Waals surface area contributed by atoms with Crippen molar-refractivity contribution < 1.29 is 4.79 Å². The largest absolute Gasteiger partial charge is 0.398 e. The van der Waals surface area contributed by atoms with Crippen LogP contribution in [0.25, 0.3) is 0 Å². The van der Waals surface area contributed by atoms with E-state index < -0.39 is 0 Å². The van der Waals surface area contributed by atoms with Crippen molar-refractivity contribution >= 4 is 11.6 Å². The smallest absolute Gasteiger partial charge is 0.253 e. The molecule has 3 N–H and O–H groups in total. The highest BCUT2D eigenvalue weighted by molar-refractivity contribution is 5.99. The third-order valence-electron chi connectivity index (χ3n) is 3.93. The highest BCUT2D eigenvalue weighted by Gasteiger charge is 2.17. The van der Waals surface area contributed by atoms with E-state index in [-0.39, 0.29) is 11.9 Å². The average Bonchev–Trinajstić information content (AvgIpc) is 2.42. The van der Waals surface area contributed by atoms with E-state index in [0.717, 1.165) is 25.2 Å². The quantitative estimate of drug-likeness (QED) is 0.828. The maximum Gasteiger partial charge on any atom is 0.253 e. The van der Waals surface area contributed by atoms with Crippen molar-refractivity contribution in [2.24, 2.45) is 0 Å². The lowest BCUT2D eigenvalue weighted by atomic mass is 10.1. The molecule has 4 nitrogen and oxygen atoms in total. The van der Waals surface area contributed by atoms with E-state index in [0.29, 0.717) is 11.3 Å². The molecule has 0 aromatic heterocycles. The SMILES string of the molecule is Cc1cccc(C(=O)NC(C)CN2CCCCC2)c1N. The number of para-hydroxylation sites is 1. The minimum Gasteiger partial charge on any atom is -0.398 e. The molecule has 110 valence electrons. The summed E-state index contributed by atoms with van der Waals surface area (Å²) < 4.78 is 0. The summed E-state index contributed by atoms with van der Waals surface area (Å²) >= 11 is 0. The first-order chi connectivity index (χ1) is 9.58.